The van der Waals surface area contributed by atoms with Gasteiger partial charge in [0.25, 0.3) is 0 Å². The summed E-state index contributed by atoms with van der Waals surface area (Å²) >= 11 is 0. The van der Waals surface area contributed by atoms with Gasteiger partial charge in [-0.1, -0.05) is 13.8 Å². The number of aliphatic imine (C=N–C) groups is 1. The number of guanidine groups is 1. The van der Waals surface area contributed by atoms with E-state index in [2.05, 4.69) is 36.1 Å². The van der Waals surface area contributed by atoms with Crippen LogP contribution in [0.5, 0.6) is 0 Å². The van der Waals surface area contributed by atoms with E-state index in [1.54, 1.807) is 0 Å². The zero-order chi connectivity index (χ0) is 15.7. The first-order valence-corrected chi connectivity index (χ1v) is 8.68. The van der Waals surface area contributed by atoms with Gasteiger partial charge in [-0.2, -0.15) is 0 Å². The van der Waals surface area contributed by atoms with E-state index in [0.29, 0.717) is 18.1 Å². The lowest BCUT2D eigenvalue weighted by molar-refractivity contribution is -0.107. The van der Waals surface area contributed by atoms with Crippen LogP contribution < -0.4 is 5.32 Å². The molecule has 3 fully saturated rings. The van der Waals surface area contributed by atoms with Crippen LogP contribution in [-0.4, -0.2) is 63.5 Å². The lowest BCUT2D eigenvalue weighted by atomic mass is 9.57. The Labute approximate surface area is 157 Å². The molecule has 3 atom stereocenters. The summed E-state index contributed by atoms with van der Waals surface area (Å²) in [4.78, 5) is 6.62. The predicted octanol–water partition coefficient (Wildman–Crippen LogP) is 2.35. The summed E-state index contributed by atoms with van der Waals surface area (Å²) in [7, 11) is 3.95. The van der Waals surface area contributed by atoms with E-state index in [9.17, 15) is 0 Å². The number of nitrogens with zero attached hydrogens (tertiary/aromatic N) is 2. The number of hydrogen-bond acceptors (Lipinski definition) is 3. The summed E-state index contributed by atoms with van der Waals surface area (Å²) in [5.74, 6) is 2.43. The minimum Gasteiger partial charge on any atom is -0.379 e. The Kier molecular flexibility index (Phi) is 6.58. The summed E-state index contributed by atoms with van der Waals surface area (Å²) in [6.07, 6.45) is 4.27. The van der Waals surface area contributed by atoms with Crippen LogP contribution in [0.25, 0.3) is 0 Å². The van der Waals surface area contributed by atoms with Crippen molar-refractivity contribution in [2.24, 2.45) is 22.2 Å². The molecule has 3 rings (SSSR count). The average Bonchev–Trinajstić information content (AvgIpc) is 3.20. The average molecular weight is 437 g/mol. The monoisotopic (exact) mass is 437 g/mol. The first-order chi connectivity index (χ1) is 10.5. The SMILES string of the molecule is CN=C(NC1C2CCOC2C1(C)C)N(C)CCOCC1CC1.I. The number of ether oxygens (including phenoxy) is 2. The molecule has 3 aliphatic rings. The molecule has 1 heterocycles. The van der Waals surface area contributed by atoms with Gasteiger partial charge in [-0.05, 0) is 25.2 Å². The van der Waals surface area contributed by atoms with Gasteiger partial charge in [0.1, 0.15) is 0 Å². The van der Waals surface area contributed by atoms with Crippen molar-refractivity contribution in [1.29, 1.82) is 0 Å². The van der Waals surface area contributed by atoms with Gasteiger partial charge >= 0.3 is 0 Å². The molecular weight excluding hydrogens is 405 g/mol. The molecule has 3 unspecified atom stereocenters. The topological polar surface area (TPSA) is 46.1 Å². The Bertz CT molecular complexity index is 426. The third-order valence-corrected chi connectivity index (χ3v) is 5.58. The number of likely N-dealkylation sites (N-methyl/N-ethyl adjacent to an activating group) is 1. The second-order valence-electron chi connectivity index (χ2n) is 7.67. The van der Waals surface area contributed by atoms with Crippen molar-refractivity contribution in [2.75, 3.05) is 40.5 Å². The van der Waals surface area contributed by atoms with Gasteiger partial charge in [-0.3, -0.25) is 4.99 Å². The van der Waals surface area contributed by atoms with Gasteiger partial charge < -0.3 is 19.7 Å². The van der Waals surface area contributed by atoms with Crippen LogP contribution in [-0.2, 0) is 9.47 Å². The first kappa shape index (κ1) is 19.2. The van der Waals surface area contributed by atoms with Gasteiger partial charge in [-0.25, -0.2) is 0 Å². The third kappa shape index (κ3) is 4.12. The van der Waals surface area contributed by atoms with Crippen LogP contribution in [0.1, 0.15) is 33.1 Å². The summed E-state index contributed by atoms with van der Waals surface area (Å²) in [6.45, 7) is 8.07. The second-order valence-corrected chi connectivity index (χ2v) is 7.67. The molecule has 0 spiro atoms. The van der Waals surface area contributed by atoms with Crippen molar-refractivity contribution in [3.63, 3.8) is 0 Å². The highest BCUT2D eigenvalue weighted by Gasteiger charge is 2.59. The van der Waals surface area contributed by atoms with Gasteiger partial charge in [0.05, 0.1) is 12.7 Å². The molecule has 6 heteroatoms. The summed E-state index contributed by atoms with van der Waals surface area (Å²) in [5.41, 5.74) is 0.181. The quantitative estimate of drug-likeness (QED) is 0.300. The van der Waals surface area contributed by atoms with Crippen molar-refractivity contribution in [3.8, 4) is 0 Å². The normalized spacial score (nSPS) is 31.8. The number of halogens is 1. The molecule has 134 valence electrons. The molecule has 2 aliphatic carbocycles. The Balaban J connectivity index is 0.00000192. The molecule has 0 aromatic rings. The first-order valence-electron chi connectivity index (χ1n) is 8.68. The Morgan fingerprint density at radius 2 is 2.09 bits per heavy atom. The Morgan fingerprint density at radius 3 is 2.74 bits per heavy atom. The van der Waals surface area contributed by atoms with Crippen molar-refractivity contribution in [1.82, 2.24) is 10.2 Å². The van der Waals surface area contributed by atoms with Gasteiger partial charge in [0.2, 0.25) is 0 Å². The molecule has 0 bridgehead atoms. The second kappa shape index (κ2) is 7.87. The van der Waals surface area contributed by atoms with E-state index in [1.165, 1.54) is 12.8 Å². The van der Waals surface area contributed by atoms with Crippen LogP contribution in [0.3, 0.4) is 0 Å². The largest absolute Gasteiger partial charge is 0.379 e. The lowest BCUT2D eigenvalue weighted by Crippen LogP contribution is -2.68. The van der Waals surface area contributed by atoms with E-state index in [1.807, 2.05) is 7.05 Å². The molecule has 5 nitrogen and oxygen atoms in total. The van der Waals surface area contributed by atoms with Crippen molar-refractivity contribution >= 4 is 29.9 Å². The van der Waals surface area contributed by atoms with E-state index in [0.717, 1.165) is 44.7 Å². The molecule has 1 N–H and O–H groups in total. The third-order valence-electron chi connectivity index (χ3n) is 5.58. The highest BCUT2D eigenvalue weighted by Crippen LogP contribution is 2.52. The van der Waals surface area contributed by atoms with Crippen LogP contribution in [0.15, 0.2) is 4.99 Å². The number of hydrogen-bond donors (Lipinski definition) is 1. The maximum Gasteiger partial charge on any atom is 0.193 e. The fourth-order valence-corrected chi connectivity index (χ4v) is 3.94. The maximum atomic E-state index is 5.87. The minimum absolute atomic E-state index is 0. The molecule has 1 saturated heterocycles. The molecule has 1 aliphatic heterocycles. The van der Waals surface area contributed by atoms with Crippen LogP contribution in [0.4, 0.5) is 0 Å². The minimum atomic E-state index is 0. The summed E-state index contributed by atoms with van der Waals surface area (Å²) < 4.78 is 11.6. The maximum absolute atomic E-state index is 5.87. The van der Waals surface area contributed by atoms with Crippen LogP contribution >= 0.6 is 24.0 Å². The Morgan fingerprint density at radius 1 is 1.35 bits per heavy atom. The fraction of sp³-hybridized carbons (Fsp3) is 0.941. The van der Waals surface area contributed by atoms with Crippen LogP contribution in [0.2, 0.25) is 0 Å². The lowest BCUT2D eigenvalue weighted by Gasteiger charge is -2.55. The fourth-order valence-electron chi connectivity index (χ4n) is 3.94. The van der Waals surface area contributed by atoms with E-state index in [-0.39, 0.29) is 29.4 Å². The zero-order valence-corrected chi connectivity index (χ0v) is 17.2. The molecule has 0 radical (unpaired) electrons. The highest BCUT2D eigenvalue weighted by molar-refractivity contribution is 14.0. The predicted molar refractivity (Wildman–Crippen MR) is 103 cm³/mol. The van der Waals surface area contributed by atoms with Crippen LogP contribution in [0, 0.1) is 17.3 Å². The van der Waals surface area contributed by atoms with Crippen molar-refractivity contribution in [3.05, 3.63) is 0 Å². The Hall–Kier alpha value is -0.0800. The van der Waals surface area contributed by atoms with Crippen molar-refractivity contribution < 1.29 is 9.47 Å². The smallest absolute Gasteiger partial charge is 0.193 e. The molecule has 2 saturated carbocycles. The van der Waals surface area contributed by atoms with Gasteiger partial charge in [-0.15, -0.1) is 24.0 Å². The molecular formula is C17H32IN3O2. The van der Waals surface area contributed by atoms with Gasteiger partial charge in [0, 0.05) is 51.2 Å². The molecule has 0 amide bonds. The summed E-state index contributed by atoms with van der Waals surface area (Å²) in [6, 6.07) is 0.452. The van der Waals surface area contributed by atoms with Gasteiger partial charge in [0.15, 0.2) is 5.96 Å². The highest BCUT2D eigenvalue weighted by atomic mass is 127. The number of fused-ring (bicyclic) bond motifs is 1. The van der Waals surface area contributed by atoms with E-state index < -0.39 is 0 Å². The molecule has 23 heavy (non-hydrogen) atoms. The standard InChI is InChI=1S/C17H31N3O2.HI/c1-17(2)14(13-7-9-22-15(13)17)19-16(18-3)20(4)8-10-21-11-12-5-6-12;/h12-15H,5-11H2,1-4H3,(H,18,19);1H. The van der Waals surface area contributed by atoms with E-state index in [4.69, 9.17) is 9.47 Å². The number of nitrogens with one attached hydrogen (secondary N) is 1. The zero-order valence-electron chi connectivity index (χ0n) is 14.9. The molecule has 0 aromatic heterocycles. The number of rotatable bonds is 6. The molecule has 0 aromatic carbocycles. The van der Waals surface area contributed by atoms with Crippen molar-refractivity contribution in [2.45, 2.75) is 45.3 Å². The van der Waals surface area contributed by atoms with E-state index >= 15 is 0 Å². The summed E-state index contributed by atoms with van der Waals surface area (Å²) in [5, 5.41) is 3.67.